The highest BCUT2D eigenvalue weighted by Crippen LogP contribution is 2.47. The summed E-state index contributed by atoms with van der Waals surface area (Å²) in [5.41, 5.74) is -1.31. The number of nitrogens with one attached hydrogen (secondary N) is 1. The lowest BCUT2D eigenvalue weighted by Gasteiger charge is -2.38. The van der Waals surface area contributed by atoms with Gasteiger partial charge in [-0.2, -0.15) is 0 Å². The van der Waals surface area contributed by atoms with Crippen LogP contribution in [0.4, 0.5) is 0 Å². The predicted molar refractivity (Wildman–Crippen MR) is 179 cm³/mol. The summed E-state index contributed by atoms with van der Waals surface area (Å²) >= 11 is 0. The molecule has 5 rings (SSSR count). The van der Waals surface area contributed by atoms with Crippen molar-refractivity contribution in [1.82, 2.24) is 5.32 Å². The van der Waals surface area contributed by atoms with Crippen LogP contribution in [0.5, 0.6) is 11.5 Å². The summed E-state index contributed by atoms with van der Waals surface area (Å²) < 4.78 is 23.1. The molecule has 4 N–H and O–H groups in total. The molecule has 3 aliphatic heterocycles. The number of carbonyl (C=O) groups excluding carboxylic acids is 5. The van der Waals surface area contributed by atoms with Crippen LogP contribution >= 0.6 is 0 Å². The van der Waals surface area contributed by atoms with Gasteiger partial charge in [0.15, 0.2) is 5.78 Å². The van der Waals surface area contributed by atoms with Crippen LogP contribution in [-0.2, 0) is 23.8 Å². The highest BCUT2D eigenvalue weighted by molar-refractivity contribution is 6.30. The molecule has 1 amide bonds. The molecule has 0 saturated heterocycles. The van der Waals surface area contributed by atoms with E-state index in [9.17, 15) is 39.3 Å². The van der Waals surface area contributed by atoms with E-state index in [1.165, 1.54) is 47.0 Å². The van der Waals surface area contributed by atoms with Gasteiger partial charge in [0.25, 0.3) is 11.7 Å². The maximum Gasteiger partial charge on any atom is 0.312 e. The molecule has 4 aliphatic rings. The van der Waals surface area contributed by atoms with Crippen LogP contribution < -0.4 is 10.1 Å². The number of rotatable bonds is 2. The minimum atomic E-state index is -2.03. The van der Waals surface area contributed by atoms with Crippen molar-refractivity contribution >= 4 is 29.2 Å². The molecule has 0 radical (unpaired) electrons. The van der Waals surface area contributed by atoms with Crippen molar-refractivity contribution in [3.63, 3.8) is 0 Å². The topological polar surface area (TPSA) is 195 Å². The molecule has 0 aromatic heterocycles. The van der Waals surface area contributed by atoms with Crippen molar-refractivity contribution in [3.8, 4) is 11.5 Å². The molecule has 1 aliphatic carbocycles. The number of methoxy groups -OCH3 is 1. The fourth-order valence-electron chi connectivity index (χ4n) is 6.62. The van der Waals surface area contributed by atoms with E-state index < -0.39 is 100 Å². The SMILES string of the molecule is CO[C@@H]1/C=C\O[C@@]2(C)Oc3c(C)c(O)c4c(c3C2=O)C(=O)C=C(NC(=O)/C(C)=C\C=C\[C@H](C)[C@H](O)[C@H](C)[C@H](O)[C@H](C)[C@H](OC(C)=O)[C@@H]1C)C4=O. The van der Waals surface area contributed by atoms with Gasteiger partial charge in [-0.1, -0.05) is 45.9 Å². The van der Waals surface area contributed by atoms with Crippen molar-refractivity contribution in [1.29, 1.82) is 0 Å². The number of Topliss-reactive ketones (excluding diaryl/α,β-unsaturated/α-hetero) is 2. The minimum Gasteiger partial charge on any atom is -0.507 e. The van der Waals surface area contributed by atoms with Gasteiger partial charge in [0.2, 0.25) is 5.78 Å². The zero-order valence-electron chi connectivity index (χ0n) is 29.6. The predicted octanol–water partition coefficient (Wildman–Crippen LogP) is 3.63. The van der Waals surface area contributed by atoms with Gasteiger partial charge < -0.3 is 39.6 Å². The highest BCUT2D eigenvalue weighted by Gasteiger charge is 2.51. The van der Waals surface area contributed by atoms with Crippen molar-refractivity contribution < 1.29 is 58.2 Å². The summed E-state index contributed by atoms with van der Waals surface area (Å²) in [5, 5.41) is 36.1. The molecule has 0 fully saturated rings. The van der Waals surface area contributed by atoms with E-state index in [1.807, 2.05) is 0 Å². The van der Waals surface area contributed by atoms with Crippen LogP contribution in [0.3, 0.4) is 0 Å². The number of benzene rings is 1. The van der Waals surface area contributed by atoms with Crippen LogP contribution in [0.1, 0.15) is 85.1 Å². The number of aliphatic hydroxyl groups excluding tert-OH is 2. The van der Waals surface area contributed by atoms with E-state index in [0.717, 1.165) is 12.3 Å². The Bertz CT molecular complexity index is 1720. The van der Waals surface area contributed by atoms with Crippen molar-refractivity contribution in [2.24, 2.45) is 23.7 Å². The number of carbonyl (C=O) groups is 5. The Kier molecular flexibility index (Phi) is 11.2. The average Bonchev–Trinajstić information content (AvgIpc) is 3.33. The Balaban J connectivity index is 1.83. The number of phenolic OH excluding ortho intramolecular Hbond substituents is 1. The van der Waals surface area contributed by atoms with Crippen LogP contribution in [0.15, 0.2) is 47.9 Å². The first-order valence-electron chi connectivity index (χ1n) is 16.4. The number of ether oxygens (including phenoxy) is 4. The second-order valence-corrected chi connectivity index (χ2v) is 13.4. The summed E-state index contributed by atoms with van der Waals surface area (Å²) in [4.78, 5) is 66.2. The zero-order chi connectivity index (χ0) is 37.4. The van der Waals surface area contributed by atoms with Crippen LogP contribution in [0, 0.1) is 30.6 Å². The lowest BCUT2D eigenvalue weighted by Crippen LogP contribution is -2.46. The van der Waals surface area contributed by atoms with Gasteiger partial charge in [-0.05, 0) is 19.9 Å². The first-order chi connectivity index (χ1) is 23.4. The van der Waals surface area contributed by atoms with Crippen LogP contribution in [0.2, 0.25) is 0 Å². The number of allylic oxidation sites excluding steroid dienone is 4. The normalized spacial score (nSPS) is 34.5. The lowest BCUT2D eigenvalue weighted by atomic mass is 9.78. The third kappa shape index (κ3) is 7.03. The minimum absolute atomic E-state index is 0.00885. The van der Waals surface area contributed by atoms with Crippen molar-refractivity contribution in [3.05, 3.63) is 70.2 Å². The number of fused-ring (bicyclic) bond motifs is 14. The average molecular weight is 696 g/mol. The molecule has 50 heavy (non-hydrogen) atoms. The Hall–Kier alpha value is -4.59. The Morgan fingerprint density at radius 2 is 1.60 bits per heavy atom. The van der Waals surface area contributed by atoms with Crippen molar-refractivity contribution in [2.45, 2.75) is 85.6 Å². The fourth-order valence-corrected chi connectivity index (χ4v) is 6.62. The Morgan fingerprint density at radius 1 is 0.940 bits per heavy atom. The number of hydrogen-bond acceptors (Lipinski definition) is 12. The third-order valence-electron chi connectivity index (χ3n) is 9.80. The number of aromatic hydroxyl groups is 1. The maximum absolute atomic E-state index is 13.9. The Morgan fingerprint density at radius 3 is 2.22 bits per heavy atom. The van der Waals surface area contributed by atoms with Gasteiger partial charge in [-0.25, -0.2) is 0 Å². The number of phenols is 1. The van der Waals surface area contributed by atoms with Crippen molar-refractivity contribution in [2.75, 3.05) is 7.11 Å². The molecule has 0 spiro atoms. The number of aliphatic hydroxyl groups is 2. The van der Waals surface area contributed by atoms with E-state index in [2.05, 4.69) is 5.32 Å². The molecule has 13 heteroatoms. The lowest BCUT2D eigenvalue weighted by molar-refractivity contribution is -0.160. The van der Waals surface area contributed by atoms with Gasteiger partial charge in [-0.3, -0.25) is 24.0 Å². The Labute approximate surface area is 290 Å². The molecular weight excluding hydrogens is 650 g/mol. The molecule has 270 valence electrons. The zero-order valence-corrected chi connectivity index (χ0v) is 29.6. The molecule has 5 bridgehead atoms. The quantitative estimate of drug-likeness (QED) is 0.329. The van der Waals surface area contributed by atoms with E-state index in [-0.39, 0.29) is 28.0 Å². The van der Waals surface area contributed by atoms with Crippen LogP contribution in [-0.4, -0.2) is 81.9 Å². The van der Waals surface area contributed by atoms with E-state index in [0.29, 0.717) is 0 Å². The van der Waals surface area contributed by atoms with Gasteiger partial charge >= 0.3 is 11.8 Å². The van der Waals surface area contributed by atoms with E-state index in [4.69, 9.17) is 18.9 Å². The second kappa shape index (κ2) is 14.7. The summed E-state index contributed by atoms with van der Waals surface area (Å²) in [5.74, 6) is -8.99. The first-order valence-corrected chi connectivity index (χ1v) is 16.4. The third-order valence-corrected chi connectivity index (χ3v) is 9.80. The maximum atomic E-state index is 13.9. The standard InChI is InChI=1S/C37H45NO12/c1-16-11-10-12-17(2)36(46)38-23-15-24(40)26-27(32(23)44)31(43)21(6)34-28(26)35(45)37(8,50-34)48-14-13-25(47-9)18(3)33(49-22(7)39)20(5)30(42)19(4)29(16)41/h10-16,18-20,25,29-30,33,41-43H,1-9H3,(H,38,46)/b11-10+,14-13-,17-12-/t16-,18+,19-,20-,25+,29-,30-,33+,37-/m0/s1. The van der Waals surface area contributed by atoms with Crippen LogP contribution in [0.25, 0.3) is 0 Å². The summed E-state index contributed by atoms with van der Waals surface area (Å²) in [6, 6.07) is 0. The second-order valence-electron chi connectivity index (χ2n) is 13.4. The number of esters is 1. The summed E-state index contributed by atoms with van der Waals surface area (Å²) in [7, 11) is 1.42. The molecule has 9 atom stereocenters. The molecule has 3 heterocycles. The van der Waals surface area contributed by atoms with E-state index in [1.54, 1.807) is 39.8 Å². The number of amides is 1. The van der Waals surface area contributed by atoms with Gasteiger partial charge in [-0.15, -0.1) is 0 Å². The summed E-state index contributed by atoms with van der Waals surface area (Å²) in [6.07, 6.45) is 4.31. The molecule has 13 nitrogen and oxygen atoms in total. The fraction of sp³-hybridized carbons (Fsp3) is 0.486. The smallest absolute Gasteiger partial charge is 0.312 e. The molecule has 1 aromatic carbocycles. The van der Waals surface area contributed by atoms with E-state index >= 15 is 0 Å². The first kappa shape index (κ1) is 38.2. The highest BCUT2D eigenvalue weighted by atomic mass is 16.7. The molecule has 0 saturated carbocycles. The largest absolute Gasteiger partial charge is 0.507 e. The summed E-state index contributed by atoms with van der Waals surface area (Å²) in [6.45, 7) is 12.3. The molecular formula is C37H45NO12. The monoisotopic (exact) mass is 695 g/mol. The number of ketones is 3. The molecule has 1 aromatic rings. The van der Waals surface area contributed by atoms with Gasteiger partial charge in [0.1, 0.15) is 17.6 Å². The number of hydrogen-bond donors (Lipinski definition) is 4. The molecule has 0 unspecified atom stereocenters. The van der Waals surface area contributed by atoms with Gasteiger partial charge in [0, 0.05) is 61.8 Å². The van der Waals surface area contributed by atoms with Gasteiger partial charge in [0.05, 0.1) is 47.0 Å².